The molecule has 1 atom stereocenters. The number of rotatable bonds is 10. The molecular formula is C30H35Cl2N3O4S. The lowest BCUT2D eigenvalue weighted by atomic mass is 10.1. The van der Waals surface area contributed by atoms with Gasteiger partial charge in [0.05, 0.1) is 10.6 Å². The van der Waals surface area contributed by atoms with E-state index < -0.39 is 34.1 Å². The van der Waals surface area contributed by atoms with Gasteiger partial charge in [-0.2, -0.15) is 0 Å². The van der Waals surface area contributed by atoms with Crippen molar-refractivity contribution in [2.45, 2.75) is 64.1 Å². The maximum atomic E-state index is 14.1. The molecule has 1 N–H and O–H groups in total. The van der Waals surface area contributed by atoms with Crippen molar-refractivity contribution >= 4 is 50.7 Å². The Morgan fingerprint density at radius 1 is 0.925 bits per heavy atom. The van der Waals surface area contributed by atoms with Crippen LogP contribution in [0.25, 0.3) is 0 Å². The highest BCUT2D eigenvalue weighted by atomic mass is 35.5. The second-order valence-corrected chi connectivity index (χ2v) is 13.4. The minimum atomic E-state index is -4.17. The highest BCUT2D eigenvalue weighted by Crippen LogP contribution is 2.27. The first-order valence-electron chi connectivity index (χ1n) is 12.9. The lowest BCUT2D eigenvalue weighted by molar-refractivity contribution is -0.141. The summed E-state index contributed by atoms with van der Waals surface area (Å²) >= 11 is 12.3. The quantitative estimate of drug-likeness (QED) is 0.298. The number of anilines is 1. The van der Waals surface area contributed by atoms with E-state index >= 15 is 0 Å². The Morgan fingerprint density at radius 2 is 1.55 bits per heavy atom. The van der Waals surface area contributed by atoms with Gasteiger partial charge in [0.15, 0.2) is 0 Å². The molecule has 0 unspecified atom stereocenters. The molecule has 0 aliphatic heterocycles. The monoisotopic (exact) mass is 603 g/mol. The van der Waals surface area contributed by atoms with Crippen molar-refractivity contribution in [1.82, 2.24) is 10.2 Å². The van der Waals surface area contributed by atoms with Gasteiger partial charge >= 0.3 is 0 Å². The molecule has 0 saturated heterocycles. The standard InChI is InChI=1S/C30H35Cl2N3O4S/c1-6-27(29(37)33-30(3,4)5)34(19-22-12-14-23(31)15-13-22)28(36)20-35(25-9-7-8-24(32)18-25)40(38,39)26-16-10-21(2)11-17-26/h7-18,27H,6,19-20H2,1-5H3,(H,33,37)/t27-/m0/s1. The van der Waals surface area contributed by atoms with E-state index in [0.29, 0.717) is 16.5 Å². The van der Waals surface area contributed by atoms with Crippen molar-refractivity contribution < 1.29 is 18.0 Å². The average Bonchev–Trinajstić information content (AvgIpc) is 2.87. The van der Waals surface area contributed by atoms with Crippen molar-refractivity contribution in [3.05, 3.63) is 94.0 Å². The molecule has 40 heavy (non-hydrogen) atoms. The zero-order valence-electron chi connectivity index (χ0n) is 23.3. The number of nitrogens with zero attached hydrogens (tertiary/aromatic N) is 2. The van der Waals surface area contributed by atoms with Crippen molar-refractivity contribution in [2.24, 2.45) is 0 Å². The van der Waals surface area contributed by atoms with E-state index in [-0.39, 0.29) is 23.0 Å². The number of carbonyl (C=O) groups is 2. The summed E-state index contributed by atoms with van der Waals surface area (Å²) in [4.78, 5) is 28.9. The van der Waals surface area contributed by atoms with Crippen LogP contribution >= 0.6 is 23.2 Å². The van der Waals surface area contributed by atoms with E-state index in [0.717, 1.165) is 15.4 Å². The predicted molar refractivity (Wildman–Crippen MR) is 161 cm³/mol. The van der Waals surface area contributed by atoms with Crippen LogP contribution in [0.4, 0.5) is 5.69 Å². The molecule has 0 bridgehead atoms. The highest BCUT2D eigenvalue weighted by molar-refractivity contribution is 7.92. The third-order valence-electron chi connectivity index (χ3n) is 6.13. The normalized spacial score (nSPS) is 12.5. The summed E-state index contributed by atoms with van der Waals surface area (Å²) in [6, 6.07) is 18.8. The van der Waals surface area contributed by atoms with Crippen LogP contribution < -0.4 is 9.62 Å². The van der Waals surface area contributed by atoms with Gasteiger partial charge in [-0.3, -0.25) is 13.9 Å². The average molecular weight is 605 g/mol. The molecule has 0 spiro atoms. The van der Waals surface area contributed by atoms with Gasteiger partial charge in [0, 0.05) is 22.1 Å². The van der Waals surface area contributed by atoms with Crippen LogP contribution in [-0.2, 0) is 26.2 Å². The molecule has 0 aliphatic carbocycles. The smallest absolute Gasteiger partial charge is 0.264 e. The van der Waals surface area contributed by atoms with Crippen molar-refractivity contribution in [1.29, 1.82) is 0 Å². The first kappa shape index (κ1) is 31.5. The van der Waals surface area contributed by atoms with Gasteiger partial charge in [-0.1, -0.05) is 66.0 Å². The summed E-state index contributed by atoms with van der Waals surface area (Å²) in [5, 5.41) is 3.81. The second-order valence-electron chi connectivity index (χ2n) is 10.6. The lowest BCUT2D eigenvalue weighted by Gasteiger charge is -2.34. The third-order valence-corrected chi connectivity index (χ3v) is 8.41. The molecule has 10 heteroatoms. The van der Waals surface area contributed by atoms with Crippen LogP contribution in [0, 0.1) is 6.92 Å². The lowest BCUT2D eigenvalue weighted by Crippen LogP contribution is -2.55. The number of nitrogens with one attached hydrogen (secondary N) is 1. The van der Waals surface area contributed by atoms with Crippen LogP contribution in [-0.4, -0.2) is 43.3 Å². The SMILES string of the molecule is CC[C@@H](C(=O)NC(C)(C)C)N(Cc1ccc(Cl)cc1)C(=O)CN(c1cccc(Cl)c1)S(=O)(=O)c1ccc(C)cc1. The van der Waals surface area contributed by atoms with Gasteiger partial charge in [0.1, 0.15) is 12.6 Å². The van der Waals surface area contributed by atoms with Crippen molar-refractivity contribution in [3.8, 4) is 0 Å². The Morgan fingerprint density at radius 3 is 2.10 bits per heavy atom. The largest absolute Gasteiger partial charge is 0.350 e. The minimum Gasteiger partial charge on any atom is -0.350 e. The summed E-state index contributed by atoms with van der Waals surface area (Å²) < 4.78 is 28.8. The fourth-order valence-corrected chi connectivity index (χ4v) is 5.87. The van der Waals surface area contributed by atoms with Gasteiger partial charge in [-0.05, 0) is 82.1 Å². The van der Waals surface area contributed by atoms with Gasteiger partial charge in [0.2, 0.25) is 11.8 Å². The van der Waals surface area contributed by atoms with Gasteiger partial charge < -0.3 is 10.2 Å². The minimum absolute atomic E-state index is 0.0349. The van der Waals surface area contributed by atoms with Crippen LogP contribution in [0.3, 0.4) is 0 Å². The molecule has 0 aliphatic rings. The number of aryl methyl sites for hydroxylation is 1. The molecule has 0 saturated carbocycles. The topological polar surface area (TPSA) is 86.8 Å². The van der Waals surface area contributed by atoms with Gasteiger partial charge in [-0.25, -0.2) is 8.42 Å². The van der Waals surface area contributed by atoms with E-state index in [4.69, 9.17) is 23.2 Å². The maximum Gasteiger partial charge on any atom is 0.264 e. The van der Waals surface area contributed by atoms with Crippen LogP contribution in [0.5, 0.6) is 0 Å². The van der Waals surface area contributed by atoms with E-state index in [9.17, 15) is 18.0 Å². The number of sulfonamides is 1. The first-order chi connectivity index (χ1) is 18.7. The molecular weight excluding hydrogens is 569 g/mol. The summed E-state index contributed by atoms with van der Waals surface area (Å²) in [6.45, 7) is 8.79. The van der Waals surface area contributed by atoms with E-state index in [2.05, 4.69) is 5.32 Å². The molecule has 214 valence electrons. The Kier molecular flexibility index (Phi) is 10.3. The zero-order chi connectivity index (χ0) is 29.7. The molecule has 0 aromatic heterocycles. The highest BCUT2D eigenvalue weighted by Gasteiger charge is 2.34. The summed E-state index contributed by atoms with van der Waals surface area (Å²) in [5.41, 5.74) is 1.35. The maximum absolute atomic E-state index is 14.1. The Hall–Kier alpha value is -3.07. The van der Waals surface area contributed by atoms with Crippen LogP contribution in [0.2, 0.25) is 10.0 Å². The number of hydrogen-bond acceptors (Lipinski definition) is 4. The van der Waals surface area contributed by atoms with E-state index in [1.54, 1.807) is 54.6 Å². The molecule has 3 aromatic carbocycles. The second kappa shape index (κ2) is 13.1. The zero-order valence-corrected chi connectivity index (χ0v) is 25.6. The summed E-state index contributed by atoms with van der Waals surface area (Å²) in [5.74, 6) is -0.866. The predicted octanol–water partition coefficient (Wildman–Crippen LogP) is 6.22. The number of hydrogen-bond donors (Lipinski definition) is 1. The molecule has 0 heterocycles. The van der Waals surface area contributed by atoms with Crippen LogP contribution in [0.1, 0.15) is 45.2 Å². The Bertz CT molecular complexity index is 1440. The fraction of sp³-hybridized carbons (Fsp3) is 0.333. The molecule has 0 radical (unpaired) electrons. The molecule has 2 amide bonds. The summed E-state index contributed by atoms with van der Waals surface area (Å²) in [6.07, 6.45) is 0.323. The third kappa shape index (κ3) is 8.22. The molecule has 0 fully saturated rings. The fourth-order valence-electron chi connectivity index (χ4n) is 4.16. The Balaban J connectivity index is 2.07. The number of carbonyl (C=O) groups excluding carboxylic acids is 2. The van der Waals surface area contributed by atoms with Crippen molar-refractivity contribution in [3.63, 3.8) is 0 Å². The number of halogens is 2. The van der Waals surface area contributed by atoms with Gasteiger partial charge in [-0.15, -0.1) is 0 Å². The van der Waals surface area contributed by atoms with E-state index in [1.165, 1.54) is 23.1 Å². The molecule has 3 rings (SSSR count). The molecule has 7 nitrogen and oxygen atoms in total. The van der Waals surface area contributed by atoms with Crippen LogP contribution in [0.15, 0.2) is 77.7 Å². The first-order valence-corrected chi connectivity index (χ1v) is 15.1. The van der Waals surface area contributed by atoms with E-state index in [1.807, 2.05) is 34.6 Å². The summed E-state index contributed by atoms with van der Waals surface area (Å²) in [7, 11) is -4.17. The number of amides is 2. The molecule has 3 aromatic rings. The number of benzene rings is 3. The van der Waals surface area contributed by atoms with Gasteiger partial charge in [0.25, 0.3) is 10.0 Å². The Labute approximate surface area is 247 Å². The van der Waals surface area contributed by atoms with Crippen molar-refractivity contribution in [2.75, 3.05) is 10.8 Å².